The maximum atomic E-state index is 5.79. The molecule has 1 heterocycles. The molecule has 17 heavy (non-hydrogen) atoms. The van der Waals surface area contributed by atoms with Gasteiger partial charge in [-0.2, -0.15) is 0 Å². The average Bonchev–Trinajstić information content (AvgIpc) is 2.34. The zero-order valence-corrected chi connectivity index (χ0v) is 10.7. The van der Waals surface area contributed by atoms with Crippen molar-refractivity contribution < 1.29 is 4.74 Å². The maximum Gasteiger partial charge on any atom is 0.148 e. The molecule has 88 valence electrons. The smallest absolute Gasteiger partial charge is 0.148 e. The molecule has 2 rings (SSSR count). The number of aromatic nitrogens is 1. The van der Waals surface area contributed by atoms with Gasteiger partial charge in [0.2, 0.25) is 0 Å². The molecule has 0 aliphatic rings. The zero-order chi connectivity index (χ0) is 12.3. The fraction of sp³-hybridized carbons (Fsp3) is 0.214. The first kappa shape index (κ1) is 11.9. The number of hydrogen-bond donors (Lipinski definition) is 0. The molecule has 0 N–H and O–H groups in total. The number of benzene rings is 1. The molecule has 0 spiro atoms. The van der Waals surface area contributed by atoms with Gasteiger partial charge < -0.3 is 4.74 Å². The molecular weight excluding hydrogens is 234 g/mol. The minimum Gasteiger partial charge on any atom is -0.455 e. The highest BCUT2D eigenvalue weighted by atomic mass is 35.5. The van der Waals surface area contributed by atoms with Crippen molar-refractivity contribution in [3.05, 3.63) is 52.8 Å². The summed E-state index contributed by atoms with van der Waals surface area (Å²) < 4.78 is 5.74. The summed E-state index contributed by atoms with van der Waals surface area (Å²) in [4.78, 5) is 4.14. The first-order valence-corrected chi connectivity index (χ1v) is 5.97. The number of hydrogen-bond acceptors (Lipinski definition) is 2. The van der Waals surface area contributed by atoms with Crippen molar-refractivity contribution in [2.45, 2.75) is 20.3 Å². The molecule has 0 atom stereocenters. The minimum atomic E-state index is 0.483. The summed E-state index contributed by atoms with van der Waals surface area (Å²) in [5, 5.41) is 0.483. The van der Waals surface area contributed by atoms with Gasteiger partial charge in [-0.1, -0.05) is 30.7 Å². The third-order valence-electron chi connectivity index (χ3n) is 2.56. The normalized spacial score (nSPS) is 10.3. The van der Waals surface area contributed by atoms with Crippen molar-refractivity contribution in [3.8, 4) is 11.5 Å². The van der Waals surface area contributed by atoms with E-state index >= 15 is 0 Å². The predicted molar refractivity (Wildman–Crippen MR) is 69.9 cm³/mol. The van der Waals surface area contributed by atoms with Gasteiger partial charge >= 0.3 is 0 Å². The van der Waals surface area contributed by atoms with Gasteiger partial charge in [0.15, 0.2) is 0 Å². The van der Waals surface area contributed by atoms with Crippen LogP contribution in [0.15, 0.2) is 36.4 Å². The Kier molecular flexibility index (Phi) is 3.64. The summed E-state index contributed by atoms with van der Waals surface area (Å²) in [6, 6.07) is 11.6. The second kappa shape index (κ2) is 5.19. The van der Waals surface area contributed by atoms with Crippen LogP contribution in [0.3, 0.4) is 0 Å². The van der Waals surface area contributed by atoms with Crippen LogP contribution in [-0.2, 0) is 6.42 Å². The Balaban J connectivity index is 2.19. The lowest BCUT2D eigenvalue weighted by Crippen LogP contribution is -1.91. The second-order valence-electron chi connectivity index (χ2n) is 3.82. The zero-order valence-electron chi connectivity index (χ0n) is 9.90. The number of pyridine rings is 1. The largest absolute Gasteiger partial charge is 0.455 e. The Hall–Kier alpha value is -1.54. The topological polar surface area (TPSA) is 22.1 Å². The van der Waals surface area contributed by atoms with Gasteiger partial charge in [-0.25, -0.2) is 4.98 Å². The first-order chi connectivity index (χ1) is 8.19. The summed E-state index contributed by atoms with van der Waals surface area (Å²) in [7, 11) is 0. The van der Waals surface area contributed by atoms with Crippen LogP contribution in [0.25, 0.3) is 0 Å². The molecule has 0 radical (unpaired) electrons. The Bertz CT molecular complexity index is 508. The summed E-state index contributed by atoms with van der Waals surface area (Å²) >= 11 is 5.79. The van der Waals surface area contributed by atoms with E-state index in [4.69, 9.17) is 16.3 Å². The van der Waals surface area contributed by atoms with Crippen LogP contribution in [0.4, 0.5) is 0 Å². The lowest BCUT2D eigenvalue weighted by Gasteiger charge is -2.08. The van der Waals surface area contributed by atoms with Gasteiger partial charge in [0.05, 0.1) is 5.69 Å². The number of aryl methyl sites for hydroxylation is 2. The molecule has 0 unspecified atom stereocenters. The highest BCUT2D eigenvalue weighted by Gasteiger charge is 2.03. The second-order valence-corrected chi connectivity index (χ2v) is 4.20. The van der Waals surface area contributed by atoms with Crippen LogP contribution in [0.5, 0.6) is 11.5 Å². The summed E-state index contributed by atoms with van der Waals surface area (Å²) in [5.41, 5.74) is 2.08. The molecular formula is C14H14ClNO. The number of nitrogens with zero attached hydrogens (tertiary/aromatic N) is 1. The molecule has 0 saturated heterocycles. The Morgan fingerprint density at radius 2 is 1.82 bits per heavy atom. The van der Waals surface area contributed by atoms with Gasteiger partial charge in [-0.3, -0.25) is 0 Å². The Morgan fingerprint density at radius 1 is 1.12 bits per heavy atom. The summed E-state index contributed by atoms with van der Waals surface area (Å²) in [5.74, 6) is 1.55. The highest BCUT2D eigenvalue weighted by molar-refractivity contribution is 6.29. The van der Waals surface area contributed by atoms with E-state index in [1.807, 2.05) is 25.1 Å². The Morgan fingerprint density at radius 3 is 2.41 bits per heavy atom. The number of rotatable bonds is 3. The molecule has 2 aromatic rings. The van der Waals surface area contributed by atoms with Gasteiger partial charge in [0.1, 0.15) is 16.7 Å². The van der Waals surface area contributed by atoms with Crippen LogP contribution >= 0.6 is 11.6 Å². The van der Waals surface area contributed by atoms with Gasteiger partial charge in [0, 0.05) is 0 Å². The van der Waals surface area contributed by atoms with E-state index in [9.17, 15) is 0 Å². The molecule has 0 aliphatic carbocycles. The van der Waals surface area contributed by atoms with Crippen LogP contribution in [0.2, 0.25) is 5.15 Å². The molecule has 0 aliphatic heterocycles. The molecule has 1 aromatic carbocycles. The minimum absolute atomic E-state index is 0.483. The van der Waals surface area contributed by atoms with Crippen LogP contribution in [0.1, 0.15) is 18.2 Å². The van der Waals surface area contributed by atoms with Gasteiger partial charge in [-0.05, 0) is 43.2 Å². The van der Waals surface area contributed by atoms with Gasteiger partial charge in [0.25, 0.3) is 0 Å². The standard InChI is InChI=1S/C14H14ClNO/c1-3-11-4-6-12(7-5-11)17-13-8-9-14(15)16-10(13)2/h4-9H,3H2,1-2H3. The van der Waals surface area contributed by atoms with Crippen molar-refractivity contribution in [1.29, 1.82) is 0 Å². The van der Waals surface area contributed by atoms with Crippen LogP contribution in [-0.4, -0.2) is 4.98 Å². The first-order valence-electron chi connectivity index (χ1n) is 5.59. The molecule has 0 saturated carbocycles. The monoisotopic (exact) mass is 247 g/mol. The van der Waals surface area contributed by atoms with Crippen molar-refractivity contribution in [2.24, 2.45) is 0 Å². The van der Waals surface area contributed by atoms with E-state index in [2.05, 4.69) is 24.0 Å². The van der Waals surface area contributed by atoms with E-state index < -0.39 is 0 Å². The Labute approximate surface area is 106 Å². The quantitative estimate of drug-likeness (QED) is 0.750. The summed E-state index contributed by atoms with van der Waals surface area (Å²) in [6.07, 6.45) is 1.03. The number of ether oxygens (including phenoxy) is 1. The third kappa shape index (κ3) is 2.98. The van der Waals surface area contributed by atoms with Crippen molar-refractivity contribution in [1.82, 2.24) is 4.98 Å². The molecule has 2 nitrogen and oxygen atoms in total. The lowest BCUT2D eigenvalue weighted by atomic mass is 10.2. The molecule has 0 amide bonds. The fourth-order valence-corrected chi connectivity index (χ4v) is 1.74. The average molecular weight is 248 g/mol. The van der Waals surface area contributed by atoms with E-state index in [0.29, 0.717) is 5.15 Å². The molecule has 3 heteroatoms. The van der Waals surface area contributed by atoms with E-state index in [1.54, 1.807) is 6.07 Å². The highest BCUT2D eigenvalue weighted by Crippen LogP contribution is 2.25. The molecule has 1 aromatic heterocycles. The van der Waals surface area contributed by atoms with Crippen LogP contribution in [0, 0.1) is 6.92 Å². The van der Waals surface area contributed by atoms with E-state index in [-0.39, 0.29) is 0 Å². The lowest BCUT2D eigenvalue weighted by molar-refractivity contribution is 0.475. The van der Waals surface area contributed by atoms with E-state index in [0.717, 1.165) is 23.6 Å². The molecule has 0 fully saturated rings. The van der Waals surface area contributed by atoms with Crippen molar-refractivity contribution in [2.75, 3.05) is 0 Å². The third-order valence-corrected chi connectivity index (χ3v) is 2.77. The van der Waals surface area contributed by atoms with Crippen LogP contribution < -0.4 is 4.74 Å². The summed E-state index contributed by atoms with van der Waals surface area (Å²) in [6.45, 7) is 4.00. The van der Waals surface area contributed by atoms with Crippen molar-refractivity contribution in [3.63, 3.8) is 0 Å². The SMILES string of the molecule is CCc1ccc(Oc2ccc(Cl)nc2C)cc1. The van der Waals surface area contributed by atoms with E-state index in [1.165, 1.54) is 5.56 Å². The van der Waals surface area contributed by atoms with Gasteiger partial charge in [-0.15, -0.1) is 0 Å². The predicted octanol–water partition coefficient (Wildman–Crippen LogP) is 4.40. The number of halogens is 1. The fourth-order valence-electron chi connectivity index (χ4n) is 1.55. The maximum absolute atomic E-state index is 5.79. The molecule has 0 bridgehead atoms. The van der Waals surface area contributed by atoms with Crippen molar-refractivity contribution >= 4 is 11.6 Å².